The minimum absolute atomic E-state index is 0.365. The molecule has 0 aromatic heterocycles. The Bertz CT molecular complexity index is 1370. The highest BCUT2D eigenvalue weighted by Crippen LogP contribution is 2.49. The molecule has 3 saturated carbocycles. The van der Waals surface area contributed by atoms with Gasteiger partial charge in [0.05, 0.1) is 0 Å². The number of rotatable bonds is 7. The Morgan fingerprint density at radius 3 is 1.70 bits per heavy atom. The first-order chi connectivity index (χ1) is 19.5. The summed E-state index contributed by atoms with van der Waals surface area (Å²) in [5.74, 6) is 2.05. The molecule has 0 amide bonds. The summed E-state index contributed by atoms with van der Waals surface area (Å²) in [6, 6.07) is 18.1. The molecule has 5 heteroatoms. The van der Waals surface area contributed by atoms with Crippen LogP contribution < -0.4 is 4.74 Å². The molecule has 1 unspecified atom stereocenters. The van der Waals surface area contributed by atoms with Crippen LogP contribution in [0.2, 0.25) is 0 Å². The van der Waals surface area contributed by atoms with Gasteiger partial charge in [-0.25, -0.2) is 0 Å². The molecule has 3 fully saturated rings. The van der Waals surface area contributed by atoms with Gasteiger partial charge in [-0.1, -0.05) is 112 Å². The topological polar surface area (TPSA) is 63.6 Å². The van der Waals surface area contributed by atoms with Crippen LogP contribution >= 0.6 is 0 Å². The zero-order valence-corrected chi connectivity index (χ0v) is 24.5. The van der Waals surface area contributed by atoms with E-state index in [1.165, 1.54) is 87.3 Å². The SMILES string of the molecule is O=S(=O)(O)C(Oc1c(C2CCCCC2)cc(C2CCCCC2)cc1C1CCCCC1)c1cccc2ccccc12. The van der Waals surface area contributed by atoms with Gasteiger partial charge in [-0.2, -0.15) is 8.42 Å². The third-order valence-electron chi connectivity index (χ3n) is 9.91. The average Bonchev–Trinajstić information content (AvgIpc) is 3.00. The predicted octanol–water partition coefficient (Wildman–Crippen LogP) is 9.95. The molecule has 0 aliphatic heterocycles. The number of ether oxygens (including phenoxy) is 1. The van der Waals surface area contributed by atoms with Gasteiger partial charge in [-0.15, -0.1) is 0 Å². The van der Waals surface area contributed by atoms with E-state index in [0.717, 1.165) is 42.2 Å². The van der Waals surface area contributed by atoms with E-state index >= 15 is 0 Å². The molecule has 3 aliphatic rings. The second-order valence-corrected chi connectivity index (χ2v) is 14.0. The fourth-order valence-corrected chi connectivity index (χ4v) is 8.53. The van der Waals surface area contributed by atoms with Crippen LogP contribution in [0.3, 0.4) is 0 Å². The van der Waals surface area contributed by atoms with Gasteiger partial charge in [0.15, 0.2) is 0 Å². The maximum absolute atomic E-state index is 13.1. The van der Waals surface area contributed by atoms with E-state index < -0.39 is 15.6 Å². The van der Waals surface area contributed by atoms with Crippen LogP contribution in [0.4, 0.5) is 0 Å². The number of fused-ring (bicyclic) bond motifs is 1. The van der Waals surface area contributed by atoms with Crippen molar-refractivity contribution in [2.75, 3.05) is 0 Å². The normalized spacial score (nSPS) is 20.9. The summed E-state index contributed by atoms with van der Waals surface area (Å²) < 4.78 is 43.6. The largest absolute Gasteiger partial charge is 0.467 e. The average molecular weight is 561 g/mol. The summed E-state index contributed by atoms with van der Waals surface area (Å²) in [6.07, 6.45) is 18.1. The summed E-state index contributed by atoms with van der Waals surface area (Å²) in [5.41, 5.74) is 2.85. The molecule has 214 valence electrons. The molecule has 40 heavy (non-hydrogen) atoms. The van der Waals surface area contributed by atoms with Crippen molar-refractivity contribution < 1.29 is 17.7 Å². The maximum Gasteiger partial charge on any atom is 0.308 e. The Hall–Kier alpha value is -2.37. The predicted molar refractivity (Wildman–Crippen MR) is 163 cm³/mol. The van der Waals surface area contributed by atoms with Gasteiger partial charge < -0.3 is 4.74 Å². The first-order valence-electron chi connectivity index (χ1n) is 15.8. The fraction of sp³-hybridized carbons (Fsp3) is 0.543. The van der Waals surface area contributed by atoms with Crippen LogP contribution in [-0.2, 0) is 10.1 Å². The lowest BCUT2D eigenvalue weighted by Crippen LogP contribution is -2.22. The quantitative estimate of drug-likeness (QED) is 0.292. The van der Waals surface area contributed by atoms with Crippen LogP contribution in [0.25, 0.3) is 10.8 Å². The van der Waals surface area contributed by atoms with Crippen molar-refractivity contribution in [3.8, 4) is 5.75 Å². The fourth-order valence-electron chi connectivity index (χ4n) is 7.79. The number of hydrogen-bond donors (Lipinski definition) is 1. The van der Waals surface area contributed by atoms with Crippen molar-refractivity contribution in [1.82, 2.24) is 0 Å². The molecule has 0 spiro atoms. The summed E-state index contributed by atoms with van der Waals surface area (Å²) in [6.45, 7) is 0. The van der Waals surface area contributed by atoms with Crippen molar-refractivity contribution in [1.29, 1.82) is 0 Å². The van der Waals surface area contributed by atoms with Gasteiger partial charge >= 0.3 is 10.1 Å². The molecule has 0 bridgehead atoms. The standard InChI is InChI=1S/C35H44O4S/c36-40(37,38)35(31-22-12-20-26-19-10-11-21-30(26)31)39-34-32(27-15-6-2-7-16-27)23-29(25-13-4-1-5-14-25)24-33(34)28-17-8-3-9-18-28/h10-12,19-25,27-28,35H,1-9,13-18H2,(H,36,37,38). The highest BCUT2D eigenvalue weighted by atomic mass is 32.2. The Morgan fingerprint density at radius 2 is 1.15 bits per heavy atom. The Kier molecular flexibility index (Phi) is 8.50. The Labute approximate surface area is 240 Å². The molecule has 0 radical (unpaired) electrons. The van der Waals surface area contributed by atoms with Gasteiger partial charge in [0.2, 0.25) is 5.44 Å². The lowest BCUT2D eigenvalue weighted by Gasteiger charge is -2.33. The van der Waals surface area contributed by atoms with Crippen molar-refractivity contribution >= 4 is 20.9 Å². The van der Waals surface area contributed by atoms with Crippen molar-refractivity contribution in [2.45, 2.75) is 120 Å². The van der Waals surface area contributed by atoms with E-state index in [4.69, 9.17) is 4.74 Å². The zero-order chi connectivity index (χ0) is 27.5. The Morgan fingerprint density at radius 1 is 0.650 bits per heavy atom. The van der Waals surface area contributed by atoms with Crippen LogP contribution in [0.5, 0.6) is 5.75 Å². The molecule has 3 aromatic carbocycles. The van der Waals surface area contributed by atoms with E-state index in [2.05, 4.69) is 12.1 Å². The van der Waals surface area contributed by atoms with Crippen LogP contribution in [-0.4, -0.2) is 13.0 Å². The third-order valence-corrected chi connectivity index (χ3v) is 10.8. The van der Waals surface area contributed by atoms with Gasteiger partial charge in [0, 0.05) is 5.56 Å². The van der Waals surface area contributed by atoms with E-state index in [0.29, 0.717) is 23.3 Å². The summed E-state index contributed by atoms with van der Waals surface area (Å²) in [4.78, 5) is 0. The number of hydrogen-bond acceptors (Lipinski definition) is 3. The molecular weight excluding hydrogens is 516 g/mol. The first-order valence-corrected chi connectivity index (χ1v) is 17.3. The molecule has 6 rings (SSSR count). The second-order valence-electron chi connectivity index (χ2n) is 12.6. The van der Waals surface area contributed by atoms with Crippen LogP contribution in [0.15, 0.2) is 54.6 Å². The summed E-state index contributed by atoms with van der Waals surface area (Å²) in [7, 11) is -4.56. The molecule has 3 aliphatic carbocycles. The van der Waals surface area contributed by atoms with Crippen molar-refractivity contribution in [3.05, 3.63) is 76.9 Å². The van der Waals surface area contributed by atoms with Gasteiger partial charge in [0.25, 0.3) is 0 Å². The highest BCUT2D eigenvalue weighted by molar-refractivity contribution is 7.85. The Balaban J connectivity index is 1.52. The maximum atomic E-state index is 13.1. The summed E-state index contributed by atoms with van der Waals surface area (Å²) >= 11 is 0. The molecule has 3 aromatic rings. The van der Waals surface area contributed by atoms with E-state index in [1.807, 2.05) is 36.4 Å². The van der Waals surface area contributed by atoms with Crippen LogP contribution in [0.1, 0.15) is 142 Å². The first kappa shape index (κ1) is 27.8. The molecule has 1 N–H and O–H groups in total. The van der Waals surface area contributed by atoms with E-state index in [9.17, 15) is 13.0 Å². The lowest BCUT2D eigenvalue weighted by molar-refractivity contribution is 0.251. The lowest BCUT2D eigenvalue weighted by atomic mass is 9.75. The molecule has 4 nitrogen and oxygen atoms in total. The summed E-state index contributed by atoms with van der Waals surface area (Å²) in [5, 5.41) is 1.73. The molecule has 0 saturated heterocycles. The van der Waals surface area contributed by atoms with Gasteiger partial charge in [0.1, 0.15) is 5.75 Å². The minimum atomic E-state index is -4.56. The van der Waals surface area contributed by atoms with Gasteiger partial charge in [-0.05, 0) is 83.7 Å². The van der Waals surface area contributed by atoms with Crippen molar-refractivity contribution in [3.63, 3.8) is 0 Å². The highest BCUT2D eigenvalue weighted by Gasteiger charge is 2.34. The molecule has 0 heterocycles. The van der Waals surface area contributed by atoms with Crippen LogP contribution in [0, 0.1) is 0 Å². The smallest absolute Gasteiger partial charge is 0.308 e. The molecule has 1 atom stereocenters. The molecular formula is C35H44O4S. The monoisotopic (exact) mass is 560 g/mol. The van der Waals surface area contributed by atoms with E-state index in [-0.39, 0.29) is 0 Å². The zero-order valence-electron chi connectivity index (χ0n) is 23.7. The van der Waals surface area contributed by atoms with E-state index in [1.54, 1.807) is 6.07 Å². The number of benzene rings is 3. The second kappa shape index (κ2) is 12.2. The minimum Gasteiger partial charge on any atom is -0.467 e. The third kappa shape index (κ3) is 5.97. The van der Waals surface area contributed by atoms with Crippen molar-refractivity contribution in [2.24, 2.45) is 0 Å². The van der Waals surface area contributed by atoms with Gasteiger partial charge in [-0.3, -0.25) is 4.55 Å².